The lowest BCUT2D eigenvalue weighted by atomic mass is 10.2. The molecule has 0 spiro atoms. The summed E-state index contributed by atoms with van der Waals surface area (Å²) in [5.41, 5.74) is 1.62. The van der Waals surface area contributed by atoms with Gasteiger partial charge in [0.15, 0.2) is 5.69 Å². The third-order valence-electron chi connectivity index (χ3n) is 4.40. The molecule has 0 fully saturated rings. The number of amides is 2. The minimum atomic E-state index is -0.350. The summed E-state index contributed by atoms with van der Waals surface area (Å²) in [6.45, 7) is 5.25. The van der Waals surface area contributed by atoms with E-state index in [1.54, 1.807) is 33.7 Å². The molecule has 0 bridgehead atoms. The number of halogens is 1. The number of pyridine rings is 1. The van der Waals surface area contributed by atoms with E-state index in [-0.39, 0.29) is 29.9 Å². The second-order valence-corrected chi connectivity index (χ2v) is 6.40. The first-order valence-electron chi connectivity index (χ1n) is 8.84. The van der Waals surface area contributed by atoms with E-state index in [4.69, 9.17) is 11.6 Å². The summed E-state index contributed by atoms with van der Waals surface area (Å²) in [6.07, 6.45) is 1.74. The molecule has 2 heterocycles. The van der Waals surface area contributed by atoms with Gasteiger partial charge in [0.2, 0.25) is 5.82 Å². The van der Waals surface area contributed by atoms with Crippen molar-refractivity contribution in [3.8, 4) is 0 Å². The third-order valence-corrected chi connectivity index (χ3v) is 4.77. The van der Waals surface area contributed by atoms with Crippen molar-refractivity contribution in [3.05, 3.63) is 70.8 Å². The lowest BCUT2D eigenvalue weighted by Crippen LogP contribution is -2.32. The summed E-state index contributed by atoms with van der Waals surface area (Å²) >= 11 is 6.14. The van der Waals surface area contributed by atoms with E-state index in [0.29, 0.717) is 23.6 Å². The molecule has 3 rings (SSSR count). The van der Waals surface area contributed by atoms with Gasteiger partial charge in [-0.3, -0.25) is 14.0 Å². The maximum atomic E-state index is 12.8. The van der Waals surface area contributed by atoms with Crippen LogP contribution in [0.4, 0.5) is 0 Å². The second kappa shape index (κ2) is 8.22. The van der Waals surface area contributed by atoms with Crippen LogP contribution in [0.1, 0.15) is 40.5 Å². The normalized spacial score (nSPS) is 10.8. The van der Waals surface area contributed by atoms with Gasteiger partial charge in [-0.1, -0.05) is 35.9 Å². The van der Waals surface area contributed by atoms with Crippen LogP contribution in [-0.4, -0.2) is 39.2 Å². The molecule has 0 aliphatic rings. The average molecular weight is 385 g/mol. The van der Waals surface area contributed by atoms with Crippen LogP contribution in [0.3, 0.4) is 0 Å². The van der Waals surface area contributed by atoms with Crippen LogP contribution in [0.15, 0.2) is 48.7 Å². The molecule has 140 valence electrons. The van der Waals surface area contributed by atoms with Gasteiger partial charge in [-0.05, 0) is 37.6 Å². The fourth-order valence-electron chi connectivity index (χ4n) is 2.91. The van der Waals surface area contributed by atoms with Gasteiger partial charge in [0.25, 0.3) is 11.8 Å². The zero-order chi connectivity index (χ0) is 19.4. The summed E-state index contributed by atoms with van der Waals surface area (Å²) in [4.78, 5) is 31.5. The highest BCUT2D eigenvalue weighted by Crippen LogP contribution is 2.17. The largest absolute Gasteiger partial charge is 0.346 e. The van der Waals surface area contributed by atoms with Gasteiger partial charge in [-0.2, -0.15) is 0 Å². The fourth-order valence-corrected chi connectivity index (χ4v) is 3.11. The minimum absolute atomic E-state index is 0.202. The Labute approximate surface area is 162 Å². The first kappa shape index (κ1) is 18.9. The van der Waals surface area contributed by atoms with Crippen molar-refractivity contribution < 1.29 is 9.59 Å². The molecule has 3 aromatic rings. The zero-order valence-corrected chi connectivity index (χ0v) is 16.0. The molecule has 27 heavy (non-hydrogen) atoms. The van der Waals surface area contributed by atoms with E-state index in [9.17, 15) is 9.59 Å². The molecule has 0 aliphatic heterocycles. The van der Waals surface area contributed by atoms with Crippen molar-refractivity contribution in [3.63, 3.8) is 0 Å². The van der Waals surface area contributed by atoms with Crippen LogP contribution in [0, 0.1) is 0 Å². The molecule has 1 N–H and O–H groups in total. The first-order chi connectivity index (χ1) is 13.1. The molecular weight excluding hydrogens is 364 g/mol. The number of fused-ring (bicyclic) bond motifs is 1. The molecule has 6 nitrogen and oxygen atoms in total. The number of carbonyl (C=O) groups excluding carboxylic acids is 2. The Morgan fingerprint density at radius 3 is 2.52 bits per heavy atom. The molecule has 2 amide bonds. The number of hydrogen-bond donors (Lipinski definition) is 1. The predicted molar refractivity (Wildman–Crippen MR) is 105 cm³/mol. The van der Waals surface area contributed by atoms with Crippen molar-refractivity contribution in [2.45, 2.75) is 20.4 Å². The van der Waals surface area contributed by atoms with Crippen molar-refractivity contribution in [1.29, 1.82) is 0 Å². The van der Waals surface area contributed by atoms with Crippen molar-refractivity contribution in [2.24, 2.45) is 0 Å². The molecule has 0 unspecified atom stereocenters. The number of rotatable bonds is 6. The third kappa shape index (κ3) is 3.80. The molecule has 0 aliphatic carbocycles. The van der Waals surface area contributed by atoms with Crippen LogP contribution in [-0.2, 0) is 6.54 Å². The van der Waals surface area contributed by atoms with E-state index in [1.807, 2.05) is 38.1 Å². The standard InChI is InChI=1S/C20H21ClN4O2/c1-3-24(4-2)20(27)18-23-17(16-11-7-8-12-25(16)18)19(26)22-13-14-9-5-6-10-15(14)21/h5-12H,3-4,13H2,1-2H3,(H,22,26). The van der Waals surface area contributed by atoms with Crippen LogP contribution in [0.2, 0.25) is 5.02 Å². The van der Waals surface area contributed by atoms with Crippen LogP contribution in [0.25, 0.3) is 5.52 Å². The topological polar surface area (TPSA) is 66.7 Å². The minimum Gasteiger partial charge on any atom is -0.346 e. The van der Waals surface area contributed by atoms with Gasteiger partial charge >= 0.3 is 0 Å². The summed E-state index contributed by atoms with van der Waals surface area (Å²) < 4.78 is 1.66. The molecule has 0 saturated heterocycles. The van der Waals surface area contributed by atoms with Gasteiger partial charge in [0.05, 0.1) is 5.52 Å². The Balaban J connectivity index is 1.91. The monoisotopic (exact) mass is 384 g/mol. The Bertz CT molecular complexity index is 979. The fraction of sp³-hybridized carbons (Fsp3) is 0.250. The number of nitrogens with one attached hydrogen (secondary N) is 1. The number of aromatic nitrogens is 2. The molecular formula is C20H21ClN4O2. The number of benzene rings is 1. The van der Waals surface area contributed by atoms with Gasteiger partial charge in [0.1, 0.15) is 0 Å². The molecule has 0 atom stereocenters. The number of imidazole rings is 1. The Hall–Kier alpha value is -2.86. The van der Waals surface area contributed by atoms with E-state index in [2.05, 4.69) is 10.3 Å². The van der Waals surface area contributed by atoms with E-state index >= 15 is 0 Å². The molecule has 7 heteroatoms. The number of hydrogen-bond acceptors (Lipinski definition) is 3. The van der Waals surface area contributed by atoms with Crippen molar-refractivity contribution >= 4 is 28.9 Å². The predicted octanol–water partition coefficient (Wildman–Crippen LogP) is 3.40. The lowest BCUT2D eigenvalue weighted by molar-refractivity contribution is 0.0760. The number of nitrogens with zero attached hydrogens (tertiary/aromatic N) is 3. The van der Waals surface area contributed by atoms with Crippen LogP contribution >= 0.6 is 11.6 Å². The van der Waals surface area contributed by atoms with Crippen molar-refractivity contribution in [1.82, 2.24) is 19.6 Å². The van der Waals surface area contributed by atoms with E-state index < -0.39 is 0 Å². The van der Waals surface area contributed by atoms with Crippen molar-refractivity contribution in [2.75, 3.05) is 13.1 Å². The summed E-state index contributed by atoms with van der Waals surface area (Å²) in [5, 5.41) is 3.42. The zero-order valence-electron chi connectivity index (χ0n) is 15.3. The molecule has 2 aromatic heterocycles. The van der Waals surface area contributed by atoms with Gasteiger partial charge in [0, 0.05) is 30.9 Å². The highest BCUT2D eigenvalue weighted by atomic mass is 35.5. The quantitative estimate of drug-likeness (QED) is 0.708. The molecule has 1 aromatic carbocycles. The Morgan fingerprint density at radius 1 is 1.11 bits per heavy atom. The first-order valence-corrected chi connectivity index (χ1v) is 9.22. The summed E-state index contributed by atoms with van der Waals surface area (Å²) in [7, 11) is 0. The van der Waals surface area contributed by atoms with E-state index in [0.717, 1.165) is 5.56 Å². The maximum absolute atomic E-state index is 12.8. The molecule has 0 radical (unpaired) electrons. The van der Waals surface area contributed by atoms with Crippen LogP contribution < -0.4 is 5.32 Å². The van der Waals surface area contributed by atoms with E-state index in [1.165, 1.54) is 0 Å². The highest BCUT2D eigenvalue weighted by molar-refractivity contribution is 6.31. The average Bonchev–Trinajstić information content (AvgIpc) is 3.08. The van der Waals surface area contributed by atoms with Crippen LogP contribution in [0.5, 0.6) is 0 Å². The highest BCUT2D eigenvalue weighted by Gasteiger charge is 2.23. The molecule has 0 saturated carbocycles. The maximum Gasteiger partial charge on any atom is 0.290 e. The smallest absolute Gasteiger partial charge is 0.290 e. The Kier molecular flexibility index (Phi) is 5.76. The second-order valence-electron chi connectivity index (χ2n) is 5.99. The summed E-state index contributed by atoms with van der Waals surface area (Å²) in [6, 6.07) is 12.7. The van der Waals surface area contributed by atoms with Gasteiger partial charge < -0.3 is 10.2 Å². The lowest BCUT2D eigenvalue weighted by Gasteiger charge is -2.17. The summed E-state index contributed by atoms with van der Waals surface area (Å²) in [5.74, 6) is -0.319. The Morgan fingerprint density at radius 2 is 1.81 bits per heavy atom. The SMILES string of the molecule is CCN(CC)C(=O)c1nc(C(=O)NCc2ccccc2Cl)c2ccccn12. The number of carbonyl (C=O) groups is 2. The van der Waals surface area contributed by atoms with Gasteiger partial charge in [-0.25, -0.2) is 4.98 Å². The van der Waals surface area contributed by atoms with Gasteiger partial charge in [-0.15, -0.1) is 0 Å².